The molecule has 0 fully saturated rings. The van der Waals surface area contributed by atoms with Crippen LogP contribution in [0.4, 0.5) is 0 Å². The van der Waals surface area contributed by atoms with Crippen LogP contribution in [-0.2, 0) is 23.5 Å². The highest BCUT2D eigenvalue weighted by atomic mass is 35.5. The van der Waals surface area contributed by atoms with Crippen LogP contribution in [0.3, 0.4) is 0 Å². The number of rotatable bonds is 5. The van der Waals surface area contributed by atoms with Gasteiger partial charge in [-0.1, -0.05) is 11.6 Å². The Hall–Kier alpha value is -1.44. The first-order valence-corrected chi connectivity index (χ1v) is 8.70. The molecule has 0 aromatic carbocycles. The highest BCUT2D eigenvalue weighted by Crippen LogP contribution is 2.16. The molecule has 2 rings (SSSR count). The summed E-state index contributed by atoms with van der Waals surface area (Å²) in [6, 6.07) is 2.63. The van der Waals surface area contributed by atoms with Gasteiger partial charge < -0.3 is 0 Å². The Morgan fingerprint density at radius 3 is 2.55 bits per heavy atom. The van der Waals surface area contributed by atoms with Crippen LogP contribution in [0, 0.1) is 13.8 Å². The molecule has 0 radical (unpaired) electrons. The molecule has 22 heavy (non-hydrogen) atoms. The summed E-state index contributed by atoms with van der Waals surface area (Å²) in [4.78, 5) is 3.90. The Kier molecular flexibility index (Phi) is 4.89. The highest BCUT2D eigenvalue weighted by Gasteiger charge is 2.20. The van der Waals surface area contributed by atoms with Crippen molar-refractivity contribution in [2.45, 2.75) is 38.1 Å². The molecule has 8 heteroatoms. The van der Waals surface area contributed by atoms with Gasteiger partial charge in [0.2, 0.25) is 10.0 Å². The lowest BCUT2D eigenvalue weighted by molar-refractivity contribution is 0.558. The number of pyridine rings is 1. The number of nitrogens with zero attached hydrogens (tertiary/aromatic N) is 3. The summed E-state index contributed by atoms with van der Waals surface area (Å²) in [5.41, 5.74) is 3.02. The molecule has 1 atom stereocenters. The Balaban J connectivity index is 2.14. The van der Waals surface area contributed by atoms with E-state index in [-0.39, 0.29) is 16.1 Å². The fraction of sp³-hybridized carbons (Fsp3) is 0.429. The number of hydrogen-bond donors (Lipinski definition) is 1. The summed E-state index contributed by atoms with van der Waals surface area (Å²) in [5.74, 6) is 0. The Bertz CT molecular complexity index is 769. The minimum absolute atomic E-state index is 0.100. The average Bonchev–Trinajstić information content (AvgIpc) is 2.65. The summed E-state index contributed by atoms with van der Waals surface area (Å²) < 4.78 is 29.1. The summed E-state index contributed by atoms with van der Waals surface area (Å²) in [6.45, 7) is 5.72. The molecule has 1 unspecified atom stereocenters. The van der Waals surface area contributed by atoms with E-state index in [2.05, 4.69) is 14.8 Å². The van der Waals surface area contributed by atoms with Crippen LogP contribution in [0.2, 0.25) is 5.15 Å². The van der Waals surface area contributed by atoms with Crippen LogP contribution in [0.1, 0.15) is 23.9 Å². The van der Waals surface area contributed by atoms with Crippen LogP contribution < -0.4 is 4.72 Å². The molecule has 2 aromatic heterocycles. The zero-order valence-corrected chi connectivity index (χ0v) is 14.5. The molecule has 6 nitrogen and oxygen atoms in total. The maximum absolute atomic E-state index is 12.3. The second-order valence-electron chi connectivity index (χ2n) is 5.32. The van der Waals surface area contributed by atoms with E-state index in [0.717, 1.165) is 17.0 Å². The van der Waals surface area contributed by atoms with E-state index in [1.807, 2.05) is 27.8 Å². The van der Waals surface area contributed by atoms with Gasteiger partial charge >= 0.3 is 0 Å². The lowest BCUT2D eigenvalue weighted by Crippen LogP contribution is -2.34. The van der Waals surface area contributed by atoms with Crippen molar-refractivity contribution in [3.05, 3.63) is 40.4 Å². The van der Waals surface area contributed by atoms with Gasteiger partial charge in [0.25, 0.3) is 0 Å². The number of aromatic nitrogens is 3. The molecule has 0 aliphatic heterocycles. The van der Waals surface area contributed by atoms with Gasteiger partial charge in [-0.05, 0) is 44.9 Å². The minimum Gasteiger partial charge on any atom is -0.272 e. The molecule has 2 aromatic rings. The van der Waals surface area contributed by atoms with Crippen molar-refractivity contribution in [2.24, 2.45) is 7.05 Å². The van der Waals surface area contributed by atoms with E-state index in [0.29, 0.717) is 6.42 Å². The SMILES string of the molecule is Cc1nn(C)c(C)c1CC(C)NS(=O)(=O)c1ccc(Cl)nc1. The van der Waals surface area contributed by atoms with Gasteiger partial charge in [0.05, 0.1) is 5.69 Å². The average molecular weight is 343 g/mol. The quantitative estimate of drug-likeness (QED) is 0.843. The van der Waals surface area contributed by atoms with Crippen LogP contribution in [0.5, 0.6) is 0 Å². The van der Waals surface area contributed by atoms with Gasteiger partial charge in [-0.15, -0.1) is 0 Å². The predicted octanol–water partition coefficient (Wildman–Crippen LogP) is 1.99. The van der Waals surface area contributed by atoms with Gasteiger partial charge in [0.1, 0.15) is 10.0 Å². The third-order valence-electron chi connectivity index (χ3n) is 3.54. The van der Waals surface area contributed by atoms with E-state index in [1.54, 1.807) is 4.68 Å². The second kappa shape index (κ2) is 6.36. The number of sulfonamides is 1. The van der Waals surface area contributed by atoms with Gasteiger partial charge in [0, 0.05) is 25.0 Å². The standard InChI is InChI=1S/C14H19ClN4O2S/c1-9(7-13-10(2)17-19(4)11(13)3)18-22(20,21)12-5-6-14(15)16-8-12/h5-6,8-9,18H,7H2,1-4H3. The maximum atomic E-state index is 12.3. The fourth-order valence-corrected chi connectivity index (χ4v) is 3.61. The van der Waals surface area contributed by atoms with Gasteiger partial charge in [-0.25, -0.2) is 18.1 Å². The summed E-state index contributed by atoms with van der Waals surface area (Å²) in [6.07, 6.45) is 1.82. The van der Waals surface area contributed by atoms with Gasteiger partial charge in [0.15, 0.2) is 0 Å². The predicted molar refractivity (Wildman–Crippen MR) is 85.4 cm³/mol. The highest BCUT2D eigenvalue weighted by molar-refractivity contribution is 7.89. The zero-order chi connectivity index (χ0) is 16.5. The molecule has 0 bridgehead atoms. The van der Waals surface area contributed by atoms with Crippen LogP contribution in [0.15, 0.2) is 23.2 Å². The van der Waals surface area contributed by atoms with Crippen molar-refractivity contribution in [2.75, 3.05) is 0 Å². The Morgan fingerprint density at radius 1 is 1.36 bits per heavy atom. The Morgan fingerprint density at radius 2 is 2.05 bits per heavy atom. The second-order valence-corrected chi connectivity index (χ2v) is 7.42. The topological polar surface area (TPSA) is 76.9 Å². The molecule has 0 amide bonds. The van der Waals surface area contributed by atoms with E-state index >= 15 is 0 Å². The van der Waals surface area contributed by atoms with Crippen molar-refractivity contribution in [1.82, 2.24) is 19.5 Å². The lowest BCUT2D eigenvalue weighted by Gasteiger charge is -2.14. The zero-order valence-electron chi connectivity index (χ0n) is 13.0. The number of aryl methyl sites for hydroxylation is 2. The third-order valence-corrected chi connectivity index (χ3v) is 5.33. The molecule has 0 saturated carbocycles. The van der Waals surface area contributed by atoms with Crippen molar-refractivity contribution in [3.8, 4) is 0 Å². The first-order valence-electron chi connectivity index (χ1n) is 6.83. The fourth-order valence-electron chi connectivity index (χ4n) is 2.31. The molecule has 0 aliphatic carbocycles. The molecule has 0 aliphatic rings. The van der Waals surface area contributed by atoms with Crippen LogP contribution >= 0.6 is 11.6 Å². The van der Waals surface area contributed by atoms with Crippen molar-refractivity contribution < 1.29 is 8.42 Å². The van der Waals surface area contributed by atoms with Crippen molar-refractivity contribution in [1.29, 1.82) is 0 Å². The first-order chi connectivity index (χ1) is 10.2. The summed E-state index contributed by atoms with van der Waals surface area (Å²) in [7, 11) is -1.74. The smallest absolute Gasteiger partial charge is 0.242 e. The van der Waals surface area contributed by atoms with Crippen LogP contribution in [-0.4, -0.2) is 29.2 Å². The monoisotopic (exact) mass is 342 g/mol. The first kappa shape index (κ1) is 16.9. The number of nitrogens with one attached hydrogen (secondary N) is 1. The molecule has 2 heterocycles. The van der Waals surface area contributed by atoms with E-state index in [4.69, 9.17) is 11.6 Å². The molecular formula is C14H19ClN4O2S. The van der Waals surface area contributed by atoms with E-state index in [1.165, 1.54) is 18.3 Å². The van der Waals surface area contributed by atoms with Crippen molar-refractivity contribution in [3.63, 3.8) is 0 Å². The van der Waals surface area contributed by atoms with E-state index in [9.17, 15) is 8.42 Å². The van der Waals surface area contributed by atoms with E-state index < -0.39 is 10.0 Å². The third kappa shape index (κ3) is 3.66. The van der Waals surface area contributed by atoms with Crippen molar-refractivity contribution >= 4 is 21.6 Å². The summed E-state index contributed by atoms with van der Waals surface area (Å²) >= 11 is 5.68. The van der Waals surface area contributed by atoms with Crippen LogP contribution in [0.25, 0.3) is 0 Å². The maximum Gasteiger partial charge on any atom is 0.242 e. The normalized spacial score (nSPS) is 13.3. The molecular weight excluding hydrogens is 324 g/mol. The number of hydrogen-bond acceptors (Lipinski definition) is 4. The van der Waals surface area contributed by atoms with Gasteiger partial charge in [-0.2, -0.15) is 5.10 Å². The van der Waals surface area contributed by atoms with Gasteiger partial charge in [-0.3, -0.25) is 4.68 Å². The largest absolute Gasteiger partial charge is 0.272 e. The Labute approximate surface area is 135 Å². The lowest BCUT2D eigenvalue weighted by atomic mass is 10.1. The summed E-state index contributed by atoms with van der Waals surface area (Å²) in [5, 5.41) is 4.60. The molecule has 1 N–H and O–H groups in total. The molecule has 120 valence electrons. The minimum atomic E-state index is -3.61. The number of halogens is 1. The molecule has 0 saturated heterocycles. The molecule has 0 spiro atoms.